The number of hydrogen-bond donors (Lipinski definition) is 2. The minimum Gasteiger partial charge on any atom is -0.496 e. The Hall–Kier alpha value is -0.685. The molecule has 1 saturated heterocycles. The van der Waals surface area contributed by atoms with Gasteiger partial charge in [0.1, 0.15) is 5.75 Å². The van der Waals surface area contributed by atoms with Gasteiger partial charge < -0.3 is 14.8 Å². The van der Waals surface area contributed by atoms with Crippen molar-refractivity contribution in [2.45, 2.75) is 13.0 Å². The lowest BCUT2D eigenvalue weighted by Gasteiger charge is -2.21. The van der Waals surface area contributed by atoms with E-state index >= 15 is 0 Å². The van der Waals surface area contributed by atoms with E-state index in [0.29, 0.717) is 5.46 Å². The first-order valence-corrected chi connectivity index (χ1v) is 7.69. The van der Waals surface area contributed by atoms with Crippen LogP contribution in [0.3, 0.4) is 0 Å². The number of rotatable bonds is 4. The van der Waals surface area contributed by atoms with Crippen LogP contribution in [0.2, 0.25) is 0 Å². The van der Waals surface area contributed by atoms with E-state index in [-0.39, 0.29) is 0 Å². The maximum absolute atomic E-state index is 9.26. The summed E-state index contributed by atoms with van der Waals surface area (Å²) in [6.45, 7) is 2.95. The van der Waals surface area contributed by atoms with Gasteiger partial charge in [0, 0.05) is 24.4 Å². The summed E-state index contributed by atoms with van der Waals surface area (Å²) >= 11 is 2.00. The molecule has 1 aromatic rings. The Balaban J connectivity index is 2.14. The van der Waals surface area contributed by atoms with Gasteiger partial charge in [-0.3, -0.25) is 4.90 Å². The lowest BCUT2D eigenvalue weighted by atomic mass is 9.79. The molecule has 0 radical (unpaired) electrons. The Kier molecular flexibility index (Phi) is 5.57. The molecule has 0 atom stereocenters. The van der Waals surface area contributed by atoms with E-state index in [9.17, 15) is 10.0 Å². The Labute approximate surface area is 118 Å². The highest BCUT2D eigenvalue weighted by atomic mass is 32.2. The SMILES string of the molecule is COc1ccc(B(O)O)cc1CN1CCCSCC1. The third-order valence-electron chi connectivity index (χ3n) is 3.31. The first kappa shape index (κ1) is 14.7. The molecule has 104 valence electrons. The average molecular weight is 281 g/mol. The molecule has 4 nitrogen and oxygen atoms in total. The number of nitrogens with zero attached hydrogens (tertiary/aromatic N) is 1. The zero-order valence-electron chi connectivity index (χ0n) is 11.2. The molecular weight excluding hydrogens is 261 g/mol. The highest BCUT2D eigenvalue weighted by molar-refractivity contribution is 7.99. The van der Waals surface area contributed by atoms with E-state index in [1.165, 1.54) is 12.2 Å². The van der Waals surface area contributed by atoms with Gasteiger partial charge >= 0.3 is 7.12 Å². The van der Waals surface area contributed by atoms with Crippen molar-refractivity contribution in [3.8, 4) is 5.75 Å². The Morgan fingerprint density at radius 3 is 2.89 bits per heavy atom. The lowest BCUT2D eigenvalue weighted by Crippen LogP contribution is -2.31. The van der Waals surface area contributed by atoms with Crippen molar-refractivity contribution in [1.29, 1.82) is 0 Å². The normalized spacial score (nSPS) is 17.0. The molecule has 19 heavy (non-hydrogen) atoms. The van der Waals surface area contributed by atoms with E-state index < -0.39 is 7.12 Å². The van der Waals surface area contributed by atoms with Crippen LogP contribution in [0.25, 0.3) is 0 Å². The van der Waals surface area contributed by atoms with Crippen molar-refractivity contribution in [2.24, 2.45) is 0 Å². The molecule has 1 aromatic carbocycles. The van der Waals surface area contributed by atoms with E-state index in [1.807, 2.05) is 17.8 Å². The van der Waals surface area contributed by atoms with Crippen LogP contribution in [0, 0.1) is 0 Å². The van der Waals surface area contributed by atoms with Gasteiger partial charge in [-0.2, -0.15) is 11.8 Å². The highest BCUT2D eigenvalue weighted by Gasteiger charge is 2.16. The van der Waals surface area contributed by atoms with E-state index in [2.05, 4.69) is 4.90 Å². The first-order valence-electron chi connectivity index (χ1n) is 6.54. The van der Waals surface area contributed by atoms with Crippen LogP contribution in [0.15, 0.2) is 18.2 Å². The fourth-order valence-corrected chi connectivity index (χ4v) is 3.20. The van der Waals surface area contributed by atoms with Crippen LogP contribution in [0.1, 0.15) is 12.0 Å². The topological polar surface area (TPSA) is 52.9 Å². The van der Waals surface area contributed by atoms with Gasteiger partial charge in [-0.25, -0.2) is 0 Å². The van der Waals surface area contributed by atoms with Crippen molar-refractivity contribution >= 4 is 24.3 Å². The quantitative estimate of drug-likeness (QED) is 0.778. The van der Waals surface area contributed by atoms with E-state index in [1.54, 1.807) is 19.2 Å². The third kappa shape index (κ3) is 4.14. The molecule has 1 aliphatic rings. The predicted molar refractivity (Wildman–Crippen MR) is 80.0 cm³/mol. The van der Waals surface area contributed by atoms with Crippen LogP contribution < -0.4 is 10.2 Å². The van der Waals surface area contributed by atoms with Gasteiger partial charge in [-0.15, -0.1) is 0 Å². The van der Waals surface area contributed by atoms with Crippen molar-refractivity contribution < 1.29 is 14.8 Å². The molecule has 0 saturated carbocycles. The van der Waals surface area contributed by atoms with Crippen LogP contribution in [-0.4, -0.2) is 53.8 Å². The van der Waals surface area contributed by atoms with E-state index in [0.717, 1.165) is 36.7 Å². The molecule has 2 N–H and O–H groups in total. The minimum atomic E-state index is -1.43. The molecule has 6 heteroatoms. The number of benzene rings is 1. The summed E-state index contributed by atoms with van der Waals surface area (Å²) in [7, 11) is 0.218. The molecule has 0 unspecified atom stereocenters. The van der Waals surface area contributed by atoms with Gasteiger partial charge in [-0.1, -0.05) is 12.1 Å². The molecule has 0 aliphatic carbocycles. The average Bonchev–Trinajstić information content (AvgIpc) is 2.67. The van der Waals surface area contributed by atoms with Gasteiger partial charge in [0.25, 0.3) is 0 Å². The van der Waals surface area contributed by atoms with Crippen molar-refractivity contribution in [3.63, 3.8) is 0 Å². The van der Waals surface area contributed by atoms with Crippen LogP contribution in [0.5, 0.6) is 5.75 Å². The fraction of sp³-hybridized carbons (Fsp3) is 0.538. The van der Waals surface area contributed by atoms with Crippen LogP contribution in [0.4, 0.5) is 0 Å². The molecule has 0 bridgehead atoms. The van der Waals surface area contributed by atoms with Crippen molar-refractivity contribution in [1.82, 2.24) is 4.90 Å². The Morgan fingerprint density at radius 2 is 2.16 bits per heavy atom. The molecule has 0 amide bonds. The van der Waals surface area contributed by atoms with Gasteiger partial charge in [-0.05, 0) is 30.2 Å². The van der Waals surface area contributed by atoms with Crippen LogP contribution >= 0.6 is 11.8 Å². The molecule has 1 fully saturated rings. The number of hydrogen-bond acceptors (Lipinski definition) is 5. The molecule has 1 heterocycles. The Morgan fingerprint density at radius 1 is 1.32 bits per heavy atom. The molecule has 1 aliphatic heterocycles. The van der Waals surface area contributed by atoms with Crippen LogP contribution in [-0.2, 0) is 6.54 Å². The summed E-state index contributed by atoms with van der Waals surface area (Å²) < 4.78 is 5.36. The standard InChI is InChI=1S/C13H20BNO3S/c1-18-13-4-3-12(14(16)17)9-11(13)10-15-5-2-7-19-8-6-15/h3-4,9,16-17H,2,5-8,10H2,1H3. The van der Waals surface area contributed by atoms with Crippen molar-refractivity contribution in [2.75, 3.05) is 31.7 Å². The fourth-order valence-electron chi connectivity index (χ4n) is 2.28. The maximum Gasteiger partial charge on any atom is 0.488 e. The number of ether oxygens (including phenoxy) is 1. The van der Waals surface area contributed by atoms with Gasteiger partial charge in [0.15, 0.2) is 0 Å². The lowest BCUT2D eigenvalue weighted by molar-refractivity contribution is 0.281. The summed E-state index contributed by atoms with van der Waals surface area (Å²) in [6.07, 6.45) is 1.20. The predicted octanol–water partition coefficient (Wildman–Crippen LogP) is 0.314. The largest absolute Gasteiger partial charge is 0.496 e. The zero-order valence-corrected chi connectivity index (χ0v) is 12.0. The zero-order chi connectivity index (χ0) is 13.7. The minimum absolute atomic E-state index is 0.514. The van der Waals surface area contributed by atoms with Gasteiger partial charge in [0.05, 0.1) is 7.11 Å². The maximum atomic E-state index is 9.26. The summed E-state index contributed by atoms with van der Waals surface area (Å²) in [5.74, 6) is 3.19. The Bertz CT molecular complexity index is 409. The summed E-state index contributed by atoms with van der Waals surface area (Å²) in [5.41, 5.74) is 1.53. The summed E-state index contributed by atoms with van der Waals surface area (Å²) in [6, 6.07) is 5.31. The summed E-state index contributed by atoms with van der Waals surface area (Å²) in [5, 5.41) is 18.5. The second-order valence-corrected chi connectivity index (χ2v) is 5.91. The second-order valence-electron chi connectivity index (χ2n) is 4.69. The molecule has 0 spiro atoms. The third-order valence-corrected chi connectivity index (χ3v) is 4.36. The first-order chi connectivity index (χ1) is 9.20. The van der Waals surface area contributed by atoms with E-state index in [4.69, 9.17) is 4.74 Å². The molecule has 2 rings (SSSR count). The molecule has 0 aromatic heterocycles. The monoisotopic (exact) mass is 281 g/mol. The van der Waals surface area contributed by atoms with Gasteiger partial charge in [0.2, 0.25) is 0 Å². The van der Waals surface area contributed by atoms with Crippen molar-refractivity contribution in [3.05, 3.63) is 23.8 Å². The highest BCUT2D eigenvalue weighted by Crippen LogP contribution is 2.20. The summed E-state index contributed by atoms with van der Waals surface area (Å²) in [4.78, 5) is 2.39. The molecular formula is C13H20BNO3S. The second kappa shape index (κ2) is 7.19. The smallest absolute Gasteiger partial charge is 0.488 e. The number of methoxy groups -OCH3 is 1. The number of thioether (sulfide) groups is 1.